The van der Waals surface area contributed by atoms with Gasteiger partial charge in [0, 0.05) is 12.5 Å². The summed E-state index contributed by atoms with van der Waals surface area (Å²) in [5.41, 5.74) is 0. The average molecular weight is 133 g/mol. The fraction of sp³-hybridized carbons (Fsp3) is 0.500. The van der Waals surface area contributed by atoms with E-state index in [1.807, 2.05) is 11.8 Å². The van der Waals surface area contributed by atoms with Crippen LogP contribution in [0.2, 0.25) is 0 Å². The second-order valence-electron chi connectivity index (χ2n) is 1.18. The molecule has 0 aromatic carbocycles. The molecule has 0 saturated carbocycles. The molecule has 0 aliphatic carbocycles. The molecule has 0 aromatic heterocycles. The maximum atomic E-state index is 2.19. The normalized spacial score (nSPS) is 18.7. The minimum atomic E-state index is 1.11. The summed E-state index contributed by atoms with van der Waals surface area (Å²) in [6.07, 6.45) is 4.17. The van der Waals surface area contributed by atoms with Crippen molar-refractivity contribution in [3.63, 3.8) is 0 Å². The first-order valence-corrected chi connectivity index (χ1v) is 4.25. The quantitative estimate of drug-likeness (QED) is 0.502. The average Bonchev–Trinajstić information content (AvgIpc) is 2.14. The van der Waals surface area contributed by atoms with Gasteiger partial charge in [-0.25, -0.2) is 0 Å². The predicted octanol–water partition coefficient (Wildman–Crippen LogP) is 1.74. The maximum Gasteiger partial charge on any atom is 0.0784 e. The van der Waals surface area contributed by atoms with E-state index in [0.29, 0.717) is 0 Å². The fourth-order valence-corrected chi connectivity index (χ4v) is 1.80. The van der Waals surface area contributed by atoms with Gasteiger partial charge in [0.1, 0.15) is 0 Å². The Morgan fingerprint density at radius 3 is 3.00 bits per heavy atom. The van der Waals surface area contributed by atoms with Gasteiger partial charge in [-0.1, -0.05) is 11.9 Å². The lowest BCUT2D eigenvalue weighted by atomic mass is 11.0. The predicted molar refractivity (Wildman–Crippen MR) is 37.0 cm³/mol. The molecule has 0 saturated heterocycles. The number of hydrogen-bond donors (Lipinski definition) is 0. The molecule has 1 aliphatic heterocycles. The zero-order valence-electron chi connectivity index (χ0n) is 4.13. The van der Waals surface area contributed by atoms with Crippen LogP contribution in [0.15, 0.2) is 11.6 Å². The number of hydrogen-bond acceptors (Lipinski definition) is 3. The lowest BCUT2D eigenvalue weighted by molar-refractivity contribution is 0.763. The summed E-state index contributed by atoms with van der Waals surface area (Å²) in [5.74, 6) is 1.11. The van der Waals surface area contributed by atoms with Crippen molar-refractivity contribution in [1.29, 1.82) is 0 Å². The first kappa shape index (κ1) is 5.38. The van der Waals surface area contributed by atoms with Gasteiger partial charge in [0.15, 0.2) is 0 Å². The summed E-state index contributed by atoms with van der Waals surface area (Å²) in [5, 5.41) is 2.11. The van der Waals surface area contributed by atoms with Crippen molar-refractivity contribution >= 4 is 23.7 Å². The molecule has 3 heteroatoms. The third kappa shape index (κ3) is 1.31. The topological polar surface area (TPSA) is 3.24 Å². The van der Waals surface area contributed by atoms with Crippen LogP contribution >= 0.6 is 23.7 Å². The van der Waals surface area contributed by atoms with Crippen molar-refractivity contribution in [2.24, 2.45) is 0 Å². The Hall–Kier alpha value is 0.240. The number of nitrogens with zero attached hydrogens (tertiary/aromatic N) is 1. The molecule has 7 heavy (non-hydrogen) atoms. The van der Waals surface area contributed by atoms with Gasteiger partial charge < -0.3 is 4.31 Å². The van der Waals surface area contributed by atoms with Crippen LogP contribution in [0.3, 0.4) is 0 Å². The molecule has 0 aromatic rings. The van der Waals surface area contributed by atoms with Crippen LogP contribution in [-0.4, -0.2) is 16.4 Å². The largest absolute Gasteiger partial charge is 0.313 e. The van der Waals surface area contributed by atoms with Gasteiger partial charge in [0.25, 0.3) is 0 Å². The molecule has 1 heterocycles. The van der Waals surface area contributed by atoms with Crippen LogP contribution in [0.4, 0.5) is 0 Å². The van der Waals surface area contributed by atoms with E-state index in [2.05, 4.69) is 22.2 Å². The Labute approximate surface area is 52.3 Å². The molecule has 0 bridgehead atoms. The zero-order valence-corrected chi connectivity index (χ0v) is 5.76. The lowest BCUT2D eigenvalue weighted by Crippen LogP contribution is -1.98. The zero-order chi connectivity index (χ0) is 5.11. The minimum Gasteiger partial charge on any atom is -0.313 e. The lowest BCUT2D eigenvalue weighted by Gasteiger charge is -2.06. The van der Waals surface area contributed by atoms with E-state index in [1.54, 1.807) is 11.9 Å². The van der Waals surface area contributed by atoms with Crippen molar-refractivity contribution in [1.82, 2.24) is 4.31 Å². The second-order valence-corrected chi connectivity index (χ2v) is 2.88. The fourth-order valence-electron chi connectivity index (χ4n) is 0.384. The third-order valence-electron chi connectivity index (χ3n) is 0.760. The Balaban J connectivity index is 2.28. The molecular formula is C4H7NS2. The van der Waals surface area contributed by atoms with E-state index in [-0.39, 0.29) is 0 Å². The summed E-state index contributed by atoms with van der Waals surface area (Å²) in [6.45, 7) is 0. The molecule has 1 aliphatic rings. The van der Waals surface area contributed by atoms with Crippen molar-refractivity contribution in [3.05, 3.63) is 11.6 Å². The Morgan fingerprint density at radius 1 is 1.86 bits per heavy atom. The summed E-state index contributed by atoms with van der Waals surface area (Å²) in [4.78, 5) is 0. The van der Waals surface area contributed by atoms with Crippen molar-refractivity contribution in [2.45, 2.75) is 0 Å². The van der Waals surface area contributed by atoms with E-state index in [1.165, 1.54) is 0 Å². The van der Waals surface area contributed by atoms with Crippen molar-refractivity contribution in [2.75, 3.05) is 12.1 Å². The van der Waals surface area contributed by atoms with Gasteiger partial charge >= 0.3 is 0 Å². The Morgan fingerprint density at radius 2 is 2.71 bits per heavy atom. The van der Waals surface area contributed by atoms with Crippen LogP contribution in [0.1, 0.15) is 0 Å². The smallest absolute Gasteiger partial charge is 0.0784 e. The highest BCUT2D eigenvalue weighted by Gasteiger charge is 1.99. The highest BCUT2D eigenvalue weighted by atomic mass is 32.2. The first-order valence-electron chi connectivity index (χ1n) is 2.02. The molecular weight excluding hydrogens is 126 g/mol. The van der Waals surface area contributed by atoms with Gasteiger partial charge in [-0.15, -0.1) is 11.8 Å². The molecule has 0 amide bonds. The van der Waals surface area contributed by atoms with Crippen LogP contribution in [0.25, 0.3) is 0 Å². The summed E-state index contributed by atoms with van der Waals surface area (Å²) < 4.78 is 2.19. The van der Waals surface area contributed by atoms with Crippen LogP contribution in [-0.2, 0) is 0 Å². The number of thioether (sulfide) groups is 1. The van der Waals surface area contributed by atoms with Crippen LogP contribution < -0.4 is 0 Å². The van der Waals surface area contributed by atoms with Gasteiger partial charge in [0.05, 0.1) is 5.88 Å². The monoisotopic (exact) mass is 133 g/mol. The summed E-state index contributed by atoms with van der Waals surface area (Å²) in [6, 6.07) is 0. The van der Waals surface area contributed by atoms with Gasteiger partial charge in [-0.3, -0.25) is 0 Å². The molecule has 0 N–H and O–H groups in total. The van der Waals surface area contributed by atoms with Gasteiger partial charge in [-0.05, 0) is 5.41 Å². The Kier molecular flexibility index (Phi) is 1.94. The van der Waals surface area contributed by atoms with Crippen LogP contribution in [0.5, 0.6) is 0 Å². The summed E-state index contributed by atoms with van der Waals surface area (Å²) in [7, 11) is 0. The van der Waals surface area contributed by atoms with Gasteiger partial charge in [-0.2, -0.15) is 0 Å². The first-order chi connectivity index (χ1) is 3.43. The highest BCUT2D eigenvalue weighted by molar-refractivity contribution is 8.04. The standard InChI is InChI=1S/C4H7NS2/c1-6-5-2-3-7-4-5/h2-3H,4H2,1H3. The van der Waals surface area contributed by atoms with Gasteiger partial charge in [0.2, 0.25) is 0 Å². The summed E-state index contributed by atoms with van der Waals surface area (Å²) >= 11 is 3.59. The van der Waals surface area contributed by atoms with E-state index >= 15 is 0 Å². The molecule has 0 unspecified atom stereocenters. The van der Waals surface area contributed by atoms with Crippen molar-refractivity contribution < 1.29 is 0 Å². The molecule has 0 spiro atoms. The molecule has 1 rings (SSSR count). The van der Waals surface area contributed by atoms with E-state index in [0.717, 1.165) is 5.88 Å². The molecule has 0 fully saturated rings. The third-order valence-corrected chi connectivity index (χ3v) is 2.38. The minimum absolute atomic E-state index is 1.11. The molecule has 0 atom stereocenters. The van der Waals surface area contributed by atoms with E-state index in [9.17, 15) is 0 Å². The Bertz CT molecular complexity index is 81.8. The molecule has 40 valence electrons. The molecule has 1 nitrogen and oxygen atoms in total. The SMILES string of the molecule is CSN1C=CSC1. The molecule has 0 radical (unpaired) electrons. The highest BCUT2D eigenvalue weighted by Crippen LogP contribution is 2.20. The van der Waals surface area contributed by atoms with E-state index in [4.69, 9.17) is 0 Å². The maximum absolute atomic E-state index is 2.19. The van der Waals surface area contributed by atoms with Crippen molar-refractivity contribution in [3.8, 4) is 0 Å². The van der Waals surface area contributed by atoms with Crippen LogP contribution in [0, 0.1) is 0 Å². The van der Waals surface area contributed by atoms with E-state index < -0.39 is 0 Å². The number of rotatable bonds is 1. The second kappa shape index (κ2) is 2.52.